The highest BCUT2D eigenvalue weighted by atomic mass is 16.6. The maximum absolute atomic E-state index is 13.6. The van der Waals surface area contributed by atoms with Gasteiger partial charge in [0.05, 0.1) is 5.41 Å². The number of nitrogens with zero attached hydrogens (tertiary/aromatic N) is 2. The number of aliphatic carboxylic acids is 1. The van der Waals surface area contributed by atoms with Crippen LogP contribution in [0.2, 0.25) is 0 Å². The summed E-state index contributed by atoms with van der Waals surface area (Å²) >= 11 is 0. The van der Waals surface area contributed by atoms with E-state index in [4.69, 9.17) is 4.74 Å². The molecule has 2 atom stereocenters. The van der Waals surface area contributed by atoms with Crippen molar-refractivity contribution in [2.45, 2.75) is 76.5 Å². The van der Waals surface area contributed by atoms with Gasteiger partial charge in [-0.3, -0.25) is 9.59 Å². The molecule has 2 fully saturated rings. The zero-order valence-electron chi connectivity index (χ0n) is 20.4. The van der Waals surface area contributed by atoms with Gasteiger partial charge in [-0.1, -0.05) is 30.3 Å². The van der Waals surface area contributed by atoms with E-state index in [-0.39, 0.29) is 5.91 Å². The molecule has 186 valence electrons. The van der Waals surface area contributed by atoms with Crippen molar-refractivity contribution in [3.8, 4) is 0 Å². The van der Waals surface area contributed by atoms with E-state index in [1.807, 2.05) is 51.1 Å². The minimum atomic E-state index is -1.03. The summed E-state index contributed by atoms with van der Waals surface area (Å²) in [6, 6.07) is 7.65. The molecule has 2 N–H and O–H groups in total. The molecule has 0 aromatic heterocycles. The van der Waals surface area contributed by atoms with Gasteiger partial charge < -0.3 is 25.0 Å². The number of hydrogen-bond donors (Lipinski definition) is 2. The van der Waals surface area contributed by atoms with Crippen LogP contribution in [0.4, 0.5) is 4.79 Å². The highest BCUT2D eigenvalue weighted by Gasteiger charge is 2.45. The Morgan fingerprint density at radius 2 is 1.71 bits per heavy atom. The van der Waals surface area contributed by atoms with Gasteiger partial charge in [0.1, 0.15) is 17.7 Å². The van der Waals surface area contributed by atoms with Crippen LogP contribution in [0.1, 0.15) is 58.9 Å². The standard InChI is InChI=1S/C25H35N3O6/c1-17(20(29)28-14-8-11-19(28)21(30)31)26-22(32)25(18-9-6-5-7-10-18)12-15-27(16-13-25)23(33)34-24(2,3)4/h5-7,9-10,17,19H,8,11-16H2,1-4H3,(H,26,32)(H,30,31). The van der Waals surface area contributed by atoms with E-state index < -0.39 is 41.1 Å². The van der Waals surface area contributed by atoms with Crippen molar-refractivity contribution in [2.24, 2.45) is 0 Å². The first-order chi connectivity index (χ1) is 15.9. The van der Waals surface area contributed by atoms with Crippen molar-refractivity contribution >= 4 is 23.9 Å². The van der Waals surface area contributed by atoms with Crippen LogP contribution < -0.4 is 5.32 Å². The number of carboxylic acid groups (broad SMARTS) is 1. The Bertz CT molecular complexity index is 918. The van der Waals surface area contributed by atoms with Gasteiger partial charge in [-0.25, -0.2) is 9.59 Å². The minimum Gasteiger partial charge on any atom is -0.480 e. The van der Waals surface area contributed by atoms with Crippen LogP contribution in [0.5, 0.6) is 0 Å². The lowest BCUT2D eigenvalue weighted by molar-refractivity contribution is -0.149. The SMILES string of the molecule is CC(NC(=O)C1(c2ccccc2)CCN(C(=O)OC(C)(C)C)CC1)C(=O)N1CCCC1C(=O)O. The molecule has 2 heterocycles. The lowest BCUT2D eigenvalue weighted by atomic mass is 9.72. The number of ether oxygens (including phenoxy) is 1. The van der Waals surface area contributed by atoms with Crippen LogP contribution >= 0.6 is 0 Å². The molecule has 1 aromatic carbocycles. The highest BCUT2D eigenvalue weighted by Crippen LogP contribution is 2.36. The highest BCUT2D eigenvalue weighted by molar-refractivity contribution is 5.94. The van der Waals surface area contributed by atoms with E-state index in [0.717, 1.165) is 5.56 Å². The fraction of sp³-hybridized carbons (Fsp3) is 0.600. The van der Waals surface area contributed by atoms with Crippen LogP contribution in [0.3, 0.4) is 0 Å². The normalized spacial score (nSPS) is 21.0. The molecule has 9 heteroatoms. The van der Waals surface area contributed by atoms with E-state index in [1.165, 1.54) is 4.90 Å². The fourth-order valence-electron chi connectivity index (χ4n) is 4.73. The molecule has 0 spiro atoms. The molecule has 0 saturated carbocycles. The summed E-state index contributed by atoms with van der Waals surface area (Å²) < 4.78 is 5.48. The second kappa shape index (κ2) is 10.0. The first-order valence-corrected chi connectivity index (χ1v) is 11.8. The van der Waals surface area contributed by atoms with Crippen molar-refractivity contribution < 1.29 is 29.0 Å². The lowest BCUT2D eigenvalue weighted by Crippen LogP contribution is -2.57. The average molecular weight is 474 g/mol. The molecular formula is C25H35N3O6. The molecule has 3 amide bonds. The number of likely N-dealkylation sites (tertiary alicyclic amines) is 2. The second-order valence-corrected chi connectivity index (χ2v) is 10.1. The van der Waals surface area contributed by atoms with Crippen LogP contribution in [0.15, 0.2) is 30.3 Å². The Labute approximate surface area is 200 Å². The van der Waals surface area contributed by atoms with Crippen molar-refractivity contribution in [3.63, 3.8) is 0 Å². The molecule has 0 bridgehead atoms. The van der Waals surface area contributed by atoms with Gasteiger partial charge in [0.25, 0.3) is 0 Å². The summed E-state index contributed by atoms with van der Waals surface area (Å²) in [6.45, 7) is 8.06. The van der Waals surface area contributed by atoms with E-state index in [9.17, 15) is 24.3 Å². The number of carboxylic acids is 1. The van der Waals surface area contributed by atoms with Gasteiger partial charge in [-0.2, -0.15) is 0 Å². The van der Waals surface area contributed by atoms with Gasteiger partial charge in [0.15, 0.2) is 0 Å². The third-order valence-electron chi connectivity index (χ3n) is 6.57. The zero-order chi connectivity index (χ0) is 25.1. The first-order valence-electron chi connectivity index (χ1n) is 11.8. The number of carbonyl (C=O) groups excluding carboxylic acids is 3. The smallest absolute Gasteiger partial charge is 0.410 e. The van der Waals surface area contributed by atoms with Crippen LogP contribution in [0, 0.1) is 0 Å². The zero-order valence-corrected chi connectivity index (χ0v) is 20.4. The topological polar surface area (TPSA) is 116 Å². The molecular weight excluding hydrogens is 438 g/mol. The lowest BCUT2D eigenvalue weighted by Gasteiger charge is -2.41. The Kier molecular flexibility index (Phi) is 7.53. The molecule has 0 radical (unpaired) electrons. The maximum atomic E-state index is 13.6. The summed E-state index contributed by atoms with van der Waals surface area (Å²) in [4.78, 5) is 53.6. The molecule has 2 aliphatic rings. The van der Waals surface area contributed by atoms with Crippen molar-refractivity contribution in [1.82, 2.24) is 15.1 Å². The molecule has 34 heavy (non-hydrogen) atoms. The first kappa shape index (κ1) is 25.5. The Balaban J connectivity index is 1.75. The number of rotatable bonds is 5. The van der Waals surface area contributed by atoms with Gasteiger partial charge in [-0.05, 0) is 58.9 Å². The molecule has 3 rings (SSSR count). The van der Waals surface area contributed by atoms with Crippen LogP contribution in [-0.2, 0) is 24.5 Å². The van der Waals surface area contributed by atoms with Crippen LogP contribution in [-0.4, -0.2) is 76.1 Å². The molecule has 1 aromatic rings. The quantitative estimate of drug-likeness (QED) is 0.679. The molecule has 9 nitrogen and oxygen atoms in total. The molecule has 2 aliphatic heterocycles. The van der Waals surface area contributed by atoms with Gasteiger partial charge >= 0.3 is 12.1 Å². The van der Waals surface area contributed by atoms with Crippen molar-refractivity contribution in [1.29, 1.82) is 0 Å². The largest absolute Gasteiger partial charge is 0.480 e. The van der Waals surface area contributed by atoms with E-state index in [0.29, 0.717) is 45.3 Å². The van der Waals surface area contributed by atoms with E-state index in [1.54, 1.807) is 11.8 Å². The van der Waals surface area contributed by atoms with Crippen molar-refractivity contribution in [2.75, 3.05) is 19.6 Å². The number of piperidine rings is 1. The summed E-state index contributed by atoms with van der Waals surface area (Å²) in [7, 11) is 0. The van der Waals surface area contributed by atoms with Gasteiger partial charge in [0, 0.05) is 19.6 Å². The Morgan fingerprint density at radius 3 is 2.26 bits per heavy atom. The summed E-state index contributed by atoms with van der Waals surface area (Å²) in [6.07, 6.45) is 1.38. The number of amides is 3. The minimum absolute atomic E-state index is 0.297. The van der Waals surface area contributed by atoms with Crippen molar-refractivity contribution in [3.05, 3.63) is 35.9 Å². The molecule has 0 aliphatic carbocycles. The molecule has 2 saturated heterocycles. The monoisotopic (exact) mass is 473 g/mol. The van der Waals surface area contributed by atoms with Gasteiger partial charge in [0.2, 0.25) is 11.8 Å². The number of nitrogens with one attached hydrogen (secondary N) is 1. The summed E-state index contributed by atoms with van der Waals surface area (Å²) in [5.74, 6) is -1.72. The number of benzene rings is 1. The Hall–Kier alpha value is -3.10. The average Bonchev–Trinajstić information content (AvgIpc) is 3.28. The third kappa shape index (κ3) is 5.51. The van der Waals surface area contributed by atoms with E-state index in [2.05, 4.69) is 5.32 Å². The second-order valence-electron chi connectivity index (χ2n) is 10.1. The van der Waals surface area contributed by atoms with Crippen LogP contribution in [0.25, 0.3) is 0 Å². The third-order valence-corrected chi connectivity index (χ3v) is 6.57. The summed E-state index contributed by atoms with van der Waals surface area (Å²) in [5, 5.41) is 12.3. The maximum Gasteiger partial charge on any atom is 0.410 e. The predicted molar refractivity (Wildman–Crippen MR) is 125 cm³/mol. The predicted octanol–water partition coefficient (Wildman–Crippen LogP) is 2.54. The Morgan fingerprint density at radius 1 is 1.09 bits per heavy atom. The van der Waals surface area contributed by atoms with Gasteiger partial charge in [-0.15, -0.1) is 0 Å². The summed E-state index contributed by atoms with van der Waals surface area (Å²) in [5.41, 5.74) is -0.701. The fourth-order valence-corrected chi connectivity index (χ4v) is 4.73. The number of hydrogen-bond acceptors (Lipinski definition) is 5. The number of carbonyl (C=O) groups is 4. The van der Waals surface area contributed by atoms with E-state index >= 15 is 0 Å². The molecule has 2 unspecified atom stereocenters.